The van der Waals surface area contributed by atoms with E-state index in [9.17, 15) is 4.79 Å². The highest BCUT2D eigenvalue weighted by Gasteiger charge is 2.18. The maximum Gasteiger partial charge on any atom is 0.257 e. The maximum atomic E-state index is 12.7. The first kappa shape index (κ1) is 22.8. The van der Waals surface area contributed by atoms with Gasteiger partial charge in [-0.3, -0.25) is 10.1 Å². The van der Waals surface area contributed by atoms with Gasteiger partial charge in [-0.05, 0) is 86.4 Å². The first-order chi connectivity index (χ1) is 16.1. The van der Waals surface area contributed by atoms with Crippen molar-refractivity contribution >= 4 is 34.6 Å². The van der Waals surface area contributed by atoms with Gasteiger partial charge < -0.3 is 15.0 Å². The minimum Gasteiger partial charge on any atom is -0.489 e. The average molecular weight is 460 g/mol. The number of rotatable bonds is 6. The van der Waals surface area contributed by atoms with Gasteiger partial charge in [0.05, 0.1) is 0 Å². The first-order valence-electron chi connectivity index (χ1n) is 11.3. The zero-order valence-electron chi connectivity index (χ0n) is 18.8. The number of ether oxygens (including phenoxy) is 1. The molecule has 1 saturated heterocycles. The molecule has 1 amide bonds. The molecule has 0 saturated carbocycles. The fourth-order valence-corrected chi connectivity index (χ4v) is 4.23. The van der Waals surface area contributed by atoms with Crippen molar-refractivity contribution in [2.24, 2.45) is 0 Å². The monoisotopic (exact) mass is 459 g/mol. The third-order valence-electron chi connectivity index (χ3n) is 5.83. The Morgan fingerprint density at radius 1 is 1.03 bits per heavy atom. The molecule has 1 unspecified atom stereocenters. The summed E-state index contributed by atoms with van der Waals surface area (Å²) in [7, 11) is 0. The molecule has 2 N–H and O–H groups in total. The molecule has 1 fully saturated rings. The van der Waals surface area contributed by atoms with Gasteiger partial charge in [0.1, 0.15) is 12.4 Å². The second-order valence-electron chi connectivity index (χ2n) is 8.30. The molecular weight excluding hydrogens is 430 g/mol. The highest BCUT2D eigenvalue weighted by atomic mass is 32.1. The topological polar surface area (TPSA) is 53.6 Å². The van der Waals surface area contributed by atoms with Gasteiger partial charge in [0.25, 0.3) is 5.91 Å². The molecule has 3 aromatic rings. The second-order valence-corrected chi connectivity index (χ2v) is 8.70. The van der Waals surface area contributed by atoms with Crippen molar-refractivity contribution < 1.29 is 9.53 Å². The molecule has 4 rings (SSSR count). The molecule has 5 nitrogen and oxygen atoms in total. The number of benzene rings is 3. The number of hydrogen-bond donors (Lipinski definition) is 2. The van der Waals surface area contributed by atoms with E-state index >= 15 is 0 Å². The molecule has 1 aliphatic rings. The van der Waals surface area contributed by atoms with Crippen molar-refractivity contribution in [2.75, 3.05) is 16.8 Å². The summed E-state index contributed by atoms with van der Waals surface area (Å²) in [6.45, 7) is 3.81. The summed E-state index contributed by atoms with van der Waals surface area (Å²) in [5, 5.41) is 6.10. The van der Waals surface area contributed by atoms with Gasteiger partial charge in [0, 0.05) is 29.5 Å². The Bertz CT molecular complexity index is 1090. The molecule has 170 valence electrons. The van der Waals surface area contributed by atoms with Gasteiger partial charge in [0.15, 0.2) is 5.11 Å². The van der Waals surface area contributed by atoms with Gasteiger partial charge >= 0.3 is 0 Å². The molecule has 1 heterocycles. The minimum absolute atomic E-state index is 0.259. The Hall–Kier alpha value is -3.38. The number of piperidine rings is 1. The van der Waals surface area contributed by atoms with E-state index in [0.717, 1.165) is 17.8 Å². The van der Waals surface area contributed by atoms with E-state index in [1.54, 1.807) is 18.2 Å². The fourth-order valence-electron chi connectivity index (χ4n) is 4.02. The van der Waals surface area contributed by atoms with Crippen LogP contribution in [-0.2, 0) is 6.61 Å². The standard InChI is InChI=1S/C27H29N3O2S/c1-20-8-5-6-17-30(20)24-15-13-23(14-16-24)28-27(33)29-26(31)22-11-7-12-25(18-22)32-19-21-9-3-2-4-10-21/h2-4,7,9-16,18,20H,5-6,8,17,19H2,1H3,(H2,28,29,31,33). The second kappa shape index (κ2) is 11.0. The van der Waals surface area contributed by atoms with Crippen LogP contribution in [0.1, 0.15) is 42.1 Å². The smallest absolute Gasteiger partial charge is 0.257 e. The summed E-state index contributed by atoms with van der Waals surface area (Å²) in [6, 6.07) is 25.7. The molecule has 1 atom stereocenters. The van der Waals surface area contributed by atoms with Crippen molar-refractivity contribution in [3.8, 4) is 5.75 Å². The number of anilines is 2. The first-order valence-corrected chi connectivity index (χ1v) is 11.7. The normalized spacial score (nSPS) is 15.5. The molecule has 6 heteroatoms. The predicted molar refractivity (Wildman–Crippen MR) is 138 cm³/mol. The van der Waals surface area contributed by atoms with Crippen LogP contribution >= 0.6 is 12.2 Å². The lowest BCUT2D eigenvalue weighted by atomic mass is 10.0. The molecule has 1 aliphatic heterocycles. The van der Waals surface area contributed by atoms with Crippen molar-refractivity contribution in [1.29, 1.82) is 0 Å². The van der Waals surface area contributed by atoms with E-state index in [2.05, 4.69) is 34.6 Å². The number of thiocarbonyl (C=S) groups is 1. The quantitative estimate of drug-likeness (QED) is 0.458. The highest BCUT2D eigenvalue weighted by Crippen LogP contribution is 2.25. The van der Waals surface area contributed by atoms with Crippen LogP contribution in [0.25, 0.3) is 0 Å². The van der Waals surface area contributed by atoms with E-state index in [-0.39, 0.29) is 11.0 Å². The van der Waals surface area contributed by atoms with Crippen LogP contribution in [0.15, 0.2) is 78.9 Å². The van der Waals surface area contributed by atoms with Gasteiger partial charge in [-0.15, -0.1) is 0 Å². The summed E-state index contributed by atoms with van der Waals surface area (Å²) >= 11 is 5.35. The lowest BCUT2D eigenvalue weighted by Crippen LogP contribution is -2.37. The predicted octanol–water partition coefficient (Wildman–Crippen LogP) is 5.77. The zero-order chi connectivity index (χ0) is 23.0. The van der Waals surface area contributed by atoms with Crippen LogP contribution < -0.4 is 20.3 Å². The third kappa shape index (κ3) is 6.33. The molecular formula is C27H29N3O2S. The Kier molecular flexibility index (Phi) is 7.58. The van der Waals surface area contributed by atoms with E-state index in [0.29, 0.717) is 24.0 Å². The van der Waals surface area contributed by atoms with Gasteiger partial charge in [-0.25, -0.2) is 0 Å². The van der Waals surface area contributed by atoms with E-state index in [4.69, 9.17) is 17.0 Å². The Balaban J connectivity index is 1.30. The summed E-state index contributed by atoms with van der Waals surface area (Å²) in [5.41, 5.74) is 3.61. The van der Waals surface area contributed by atoms with Crippen LogP contribution in [0, 0.1) is 0 Å². The zero-order valence-corrected chi connectivity index (χ0v) is 19.6. The molecule has 0 radical (unpaired) electrons. The lowest BCUT2D eigenvalue weighted by Gasteiger charge is -2.35. The van der Waals surface area contributed by atoms with E-state index in [1.807, 2.05) is 48.5 Å². The van der Waals surface area contributed by atoms with E-state index in [1.165, 1.54) is 24.9 Å². The van der Waals surface area contributed by atoms with Crippen molar-refractivity contribution in [3.63, 3.8) is 0 Å². The number of nitrogens with zero attached hydrogens (tertiary/aromatic N) is 1. The number of carbonyl (C=O) groups is 1. The van der Waals surface area contributed by atoms with Crippen molar-refractivity contribution in [1.82, 2.24) is 5.32 Å². The summed E-state index contributed by atoms with van der Waals surface area (Å²) in [6.07, 6.45) is 3.76. The summed E-state index contributed by atoms with van der Waals surface area (Å²) in [5.74, 6) is 0.351. The summed E-state index contributed by atoms with van der Waals surface area (Å²) < 4.78 is 5.82. The van der Waals surface area contributed by atoms with Crippen molar-refractivity contribution in [3.05, 3.63) is 90.0 Å². The van der Waals surface area contributed by atoms with Crippen LogP contribution in [-0.4, -0.2) is 23.6 Å². The minimum atomic E-state index is -0.281. The van der Waals surface area contributed by atoms with Gasteiger partial charge in [0.2, 0.25) is 0 Å². The van der Waals surface area contributed by atoms with Crippen LogP contribution in [0.4, 0.5) is 11.4 Å². The van der Waals surface area contributed by atoms with Crippen molar-refractivity contribution in [2.45, 2.75) is 38.8 Å². The van der Waals surface area contributed by atoms with Gasteiger partial charge in [-0.1, -0.05) is 36.4 Å². The number of amides is 1. The molecule has 3 aromatic carbocycles. The van der Waals surface area contributed by atoms with E-state index < -0.39 is 0 Å². The summed E-state index contributed by atoms with van der Waals surface area (Å²) in [4.78, 5) is 15.1. The van der Waals surface area contributed by atoms with Crippen LogP contribution in [0.5, 0.6) is 5.75 Å². The number of nitrogens with one attached hydrogen (secondary N) is 2. The maximum absolute atomic E-state index is 12.7. The Morgan fingerprint density at radius 3 is 2.58 bits per heavy atom. The fraction of sp³-hybridized carbons (Fsp3) is 0.259. The Labute approximate surface area is 200 Å². The van der Waals surface area contributed by atoms with Crippen LogP contribution in [0.2, 0.25) is 0 Å². The van der Waals surface area contributed by atoms with Crippen LogP contribution in [0.3, 0.4) is 0 Å². The SMILES string of the molecule is CC1CCCCN1c1ccc(NC(=S)NC(=O)c2cccc(OCc3ccccc3)c2)cc1. The van der Waals surface area contributed by atoms with Gasteiger partial charge in [-0.2, -0.15) is 0 Å². The lowest BCUT2D eigenvalue weighted by molar-refractivity contribution is 0.0977. The number of hydrogen-bond acceptors (Lipinski definition) is 4. The highest BCUT2D eigenvalue weighted by molar-refractivity contribution is 7.80. The molecule has 0 bridgehead atoms. The molecule has 33 heavy (non-hydrogen) atoms. The Morgan fingerprint density at radius 2 is 1.82 bits per heavy atom. The molecule has 0 aromatic heterocycles. The molecule has 0 aliphatic carbocycles. The third-order valence-corrected chi connectivity index (χ3v) is 6.04. The molecule has 0 spiro atoms. The number of carbonyl (C=O) groups excluding carboxylic acids is 1. The average Bonchev–Trinajstić information content (AvgIpc) is 2.84. The largest absolute Gasteiger partial charge is 0.489 e.